The zero-order chi connectivity index (χ0) is 9.52. The summed E-state index contributed by atoms with van der Waals surface area (Å²) < 4.78 is 0. The Morgan fingerprint density at radius 2 is 2.54 bits per heavy atom. The smallest absolute Gasteiger partial charge is 0.166 e. The summed E-state index contributed by atoms with van der Waals surface area (Å²) in [7, 11) is 0. The number of nitrogens with one attached hydrogen (secondary N) is 1. The van der Waals surface area contributed by atoms with Gasteiger partial charge in [-0.05, 0) is 12.5 Å². The molecule has 0 radical (unpaired) electrons. The quantitative estimate of drug-likeness (QED) is 0.552. The molecule has 1 aromatic heterocycles. The first kappa shape index (κ1) is 9.20. The Morgan fingerprint density at radius 3 is 3.23 bits per heavy atom. The van der Waals surface area contributed by atoms with E-state index >= 15 is 0 Å². The van der Waals surface area contributed by atoms with Crippen LogP contribution in [-0.2, 0) is 0 Å². The first-order valence-corrected chi connectivity index (χ1v) is 3.95. The van der Waals surface area contributed by atoms with Gasteiger partial charge < -0.3 is 5.32 Å². The highest BCUT2D eigenvalue weighted by Crippen LogP contribution is 2.07. The van der Waals surface area contributed by atoms with E-state index in [4.69, 9.17) is 5.26 Å². The van der Waals surface area contributed by atoms with E-state index in [1.54, 1.807) is 12.1 Å². The summed E-state index contributed by atoms with van der Waals surface area (Å²) in [5, 5.41) is 19.2. The van der Waals surface area contributed by atoms with Crippen LogP contribution in [0.1, 0.15) is 12.0 Å². The van der Waals surface area contributed by atoms with Crippen LogP contribution in [0.5, 0.6) is 0 Å². The summed E-state index contributed by atoms with van der Waals surface area (Å²) in [6.07, 6.45) is 4.13. The van der Waals surface area contributed by atoms with E-state index in [0.717, 1.165) is 13.0 Å². The van der Waals surface area contributed by atoms with Gasteiger partial charge in [-0.25, -0.2) is 0 Å². The molecule has 0 spiro atoms. The second-order valence-corrected chi connectivity index (χ2v) is 2.41. The lowest BCUT2D eigenvalue weighted by molar-refractivity contribution is 0.980. The van der Waals surface area contributed by atoms with Gasteiger partial charge in [0.05, 0.1) is 11.8 Å². The maximum atomic E-state index is 8.70. The van der Waals surface area contributed by atoms with Crippen molar-refractivity contribution >= 4 is 5.82 Å². The lowest BCUT2D eigenvalue weighted by Crippen LogP contribution is -2.04. The maximum absolute atomic E-state index is 8.70. The van der Waals surface area contributed by atoms with E-state index < -0.39 is 0 Å². The van der Waals surface area contributed by atoms with Gasteiger partial charge in [0.25, 0.3) is 0 Å². The highest BCUT2D eigenvalue weighted by molar-refractivity contribution is 5.49. The van der Waals surface area contributed by atoms with Gasteiger partial charge in [0.2, 0.25) is 0 Å². The van der Waals surface area contributed by atoms with Gasteiger partial charge in [0.15, 0.2) is 5.82 Å². The fraction of sp³-hybridized carbons (Fsp3) is 0.222. The van der Waals surface area contributed by atoms with E-state index in [-0.39, 0.29) is 0 Å². The molecule has 66 valence electrons. The predicted molar refractivity (Wildman–Crippen MR) is 50.1 cm³/mol. The Balaban J connectivity index is 2.65. The van der Waals surface area contributed by atoms with Crippen LogP contribution in [0.15, 0.2) is 24.9 Å². The lowest BCUT2D eigenvalue weighted by Gasteiger charge is -2.02. The summed E-state index contributed by atoms with van der Waals surface area (Å²) in [4.78, 5) is 0. The van der Waals surface area contributed by atoms with Crippen LogP contribution in [0.2, 0.25) is 0 Å². The number of hydrogen-bond donors (Lipinski definition) is 1. The number of rotatable bonds is 4. The van der Waals surface area contributed by atoms with Crippen LogP contribution in [-0.4, -0.2) is 16.7 Å². The molecule has 0 fully saturated rings. The third-order valence-electron chi connectivity index (χ3n) is 1.48. The first-order valence-electron chi connectivity index (χ1n) is 3.95. The third-order valence-corrected chi connectivity index (χ3v) is 1.48. The second kappa shape index (κ2) is 4.88. The first-order chi connectivity index (χ1) is 6.38. The minimum Gasteiger partial charge on any atom is -0.367 e. The highest BCUT2D eigenvalue weighted by atomic mass is 15.2. The van der Waals surface area contributed by atoms with Gasteiger partial charge in [0, 0.05) is 6.54 Å². The minimum absolute atomic E-state index is 0.513. The highest BCUT2D eigenvalue weighted by Gasteiger charge is 2.00. The lowest BCUT2D eigenvalue weighted by atomic mass is 10.3. The van der Waals surface area contributed by atoms with E-state index in [2.05, 4.69) is 22.1 Å². The average molecular weight is 174 g/mol. The van der Waals surface area contributed by atoms with Crippen LogP contribution in [0, 0.1) is 11.3 Å². The number of hydrogen-bond acceptors (Lipinski definition) is 4. The molecule has 13 heavy (non-hydrogen) atoms. The fourth-order valence-corrected chi connectivity index (χ4v) is 0.845. The topological polar surface area (TPSA) is 61.6 Å². The molecule has 0 saturated carbocycles. The van der Waals surface area contributed by atoms with Gasteiger partial charge in [-0.3, -0.25) is 0 Å². The van der Waals surface area contributed by atoms with Crippen LogP contribution in [0.3, 0.4) is 0 Å². The van der Waals surface area contributed by atoms with Crippen molar-refractivity contribution < 1.29 is 0 Å². The Kier molecular flexibility index (Phi) is 3.45. The van der Waals surface area contributed by atoms with Crippen molar-refractivity contribution in [3.05, 3.63) is 30.5 Å². The van der Waals surface area contributed by atoms with Crippen molar-refractivity contribution in [1.29, 1.82) is 5.26 Å². The molecular formula is C9H10N4. The molecular weight excluding hydrogens is 164 g/mol. The third kappa shape index (κ3) is 2.56. The van der Waals surface area contributed by atoms with Crippen LogP contribution < -0.4 is 5.32 Å². The summed E-state index contributed by atoms with van der Waals surface area (Å²) in [5.41, 5.74) is 0.513. The molecule has 0 aliphatic heterocycles. The van der Waals surface area contributed by atoms with Crippen molar-refractivity contribution in [3.8, 4) is 6.07 Å². The Morgan fingerprint density at radius 1 is 1.69 bits per heavy atom. The van der Waals surface area contributed by atoms with Crippen molar-refractivity contribution in [1.82, 2.24) is 10.2 Å². The predicted octanol–water partition coefficient (Wildman–Crippen LogP) is 1.34. The van der Waals surface area contributed by atoms with Gasteiger partial charge in [0.1, 0.15) is 6.07 Å². The van der Waals surface area contributed by atoms with E-state index in [1.165, 1.54) is 6.20 Å². The van der Waals surface area contributed by atoms with Crippen molar-refractivity contribution in [2.75, 3.05) is 11.9 Å². The Labute approximate surface area is 76.9 Å². The summed E-state index contributed by atoms with van der Waals surface area (Å²) >= 11 is 0. The van der Waals surface area contributed by atoms with Gasteiger partial charge in [-0.15, -0.1) is 11.7 Å². The molecule has 0 atom stereocenters. The zero-order valence-corrected chi connectivity index (χ0v) is 7.20. The van der Waals surface area contributed by atoms with Crippen molar-refractivity contribution in [2.45, 2.75) is 6.42 Å². The molecule has 1 aromatic rings. The maximum Gasteiger partial charge on any atom is 0.166 e. The summed E-state index contributed by atoms with van der Waals surface area (Å²) in [6, 6.07) is 3.66. The molecule has 4 nitrogen and oxygen atoms in total. The molecule has 1 rings (SSSR count). The summed E-state index contributed by atoms with van der Waals surface area (Å²) in [6.45, 7) is 4.31. The molecule has 0 aromatic carbocycles. The molecule has 0 aliphatic carbocycles. The summed E-state index contributed by atoms with van der Waals surface area (Å²) in [5.74, 6) is 0.534. The number of nitriles is 1. The normalized spacial score (nSPS) is 8.85. The number of aromatic nitrogens is 2. The Bertz CT molecular complexity index is 327. The largest absolute Gasteiger partial charge is 0.367 e. The standard InChI is InChI=1S/C9H10N4/c1-2-3-5-11-9-8(7-10)4-6-12-13-9/h2,4,6H,1,3,5H2,(H,11,13). The number of anilines is 1. The van der Waals surface area contributed by atoms with Crippen molar-refractivity contribution in [2.24, 2.45) is 0 Å². The monoisotopic (exact) mass is 174 g/mol. The van der Waals surface area contributed by atoms with Gasteiger partial charge in [-0.2, -0.15) is 10.4 Å². The van der Waals surface area contributed by atoms with E-state index in [1.807, 2.05) is 6.07 Å². The molecule has 1 heterocycles. The molecule has 0 amide bonds. The van der Waals surface area contributed by atoms with Gasteiger partial charge in [-0.1, -0.05) is 6.08 Å². The van der Waals surface area contributed by atoms with Crippen LogP contribution in [0.25, 0.3) is 0 Å². The number of nitrogens with zero attached hydrogens (tertiary/aromatic N) is 3. The van der Waals surface area contributed by atoms with Crippen LogP contribution in [0.4, 0.5) is 5.82 Å². The zero-order valence-electron chi connectivity index (χ0n) is 7.20. The molecule has 0 bridgehead atoms. The minimum atomic E-state index is 0.513. The molecule has 0 saturated heterocycles. The molecule has 0 aliphatic rings. The molecule has 0 unspecified atom stereocenters. The van der Waals surface area contributed by atoms with Crippen molar-refractivity contribution in [3.63, 3.8) is 0 Å². The van der Waals surface area contributed by atoms with E-state index in [0.29, 0.717) is 11.4 Å². The SMILES string of the molecule is C=CCCNc1nnccc1C#N. The second-order valence-electron chi connectivity index (χ2n) is 2.41. The Hall–Kier alpha value is -1.89. The van der Waals surface area contributed by atoms with Gasteiger partial charge >= 0.3 is 0 Å². The fourth-order valence-electron chi connectivity index (χ4n) is 0.845. The van der Waals surface area contributed by atoms with E-state index in [9.17, 15) is 0 Å². The van der Waals surface area contributed by atoms with Crippen LogP contribution >= 0.6 is 0 Å². The average Bonchev–Trinajstić information content (AvgIpc) is 2.19. The molecule has 1 N–H and O–H groups in total. The molecule has 4 heteroatoms.